The van der Waals surface area contributed by atoms with Gasteiger partial charge in [-0.1, -0.05) is 37.3 Å². The Morgan fingerprint density at radius 2 is 1.74 bits per heavy atom. The molecule has 0 N–H and O–H groups in total. The van der Waals surface area contributed by atoms with Gasteiger partial charge in [0.05, 0.1) is 13.2 Å². The zero-order valence-electron chi connectivity index (χ0n) is 18.6. The summed E-state index contributed by atoms with van der Waals surface area (Å²) < 4.78 is 7.20. The fourth-order valence-corrected chi connectivity index (χ4v) is 3.64. The van der Waals surface area contributed by atoms with Gasteiger partial charge in [-0.2, -0.15) is 0 Å². The van der Waals surface area contributed by atoms with E-state index in [4.69, 9.17) is 4.74 Å². The number of ether oxygens (including phenoxy) is 1. The molecule has 0 bridgehead atoms. The van der Waals surface area contributed by atoms with Crippen molar-refractivity contribution < 1.29 is 14.3 Å². The van der Waals surface area contributed by atoms with Crippen LogP contribution in [0.2, 0.25) is 0 Å². The molecule has 0 atom stereocenters. The fourth-order valence-electron chi connectivity index (χ4n) is 3.64. The van der Waals surface area contributed by atoms with Crippen molar-refractivity contribution in [2.45, 2.75) is 19.9 Å². The summed E-state index contributed by atoms with van der Waals surface area (Å²) in [6, 6.07) is 17.6. The fraction of sp³-hybridized carbons (Fsp3) is 0.360. The number of nitrogens with zero attached hydrogens (tertiary/aromatic N) is 3. The predicted octanol–water partition coefficient (Wildman–Crippen LogP) is 3.71. The number of hydrogen-bond acceptors (Lipinski definition) is 3. The number of methoxy groups -OCH3 is 1. The molecule has 31 heavy (non-hydrogen) atoms. The Morgan fingerprint density at radius 3 is 2.42 bits per heavy atom. The van der Waals surface area contributed by atoms with E-state index in [1.165, 1.54) is 0 Å². The smallest absolute Gasteiger partial charge is 0.254 e. The minimum Gasteiger partial charge on any atom is -0.383 e. The minimum atomic E-state index is -0.119. The molecular weight excluding hydrogens is 390 g/mol. The largest absolute Gasteiger partial charge is 0.383 e. The number of carbonyl (C=O) groups excluding carboxylic acids is 2. The third-order valence-corrected chi connectivity index (χ3v) is 5.43. The van der Waals surface area contributed by atoms with E-state index in [9.17, 15) is 9.59 Å². The molecule has 6 nitrogen and oxygen atoms in total. The minimum absolute atomic E-state index is 0.0492. The third-order valence-electron chi connectivity index (χ3n) is 5.43. The van der Waals surface area contributed by atoms with Crippen molar-refractivity contribution in [2.24, 2.45) is 7.05 Å². The summed E-state index contributed by atoms with van der Waals surface area (Å²) in [5, 5.41) is 2.10. The lowest BCUT2D eigenvalue weighted by Crippen LogP contribution is -2.44. The quantitative estimate of drug-likeness (QED) is 0.502. The Labute approximate surface area is 184 Å². The first-order valence-corrected chi connectivity index (χ1v) is 10.7. The Bertz CT molecular complexity index is 1030. The van der Waals surface area contributed by atoms with Gasteiger partial charge in [0.2, 0.25) is 5.91 Å². The van der Waals surface area contributed by atoms with Crippen LogP contribution in [0.25, 0.3) is 10.8 Å². The number of amides is 2. The highest BCUT2D eigenvalue weighted by molar-refractivity contribution is 6.00. The molecule has 2 amide bonds. The van der Waals surface area contributed by atoms with Crippen LogP contribution in [-0.2, 0) is 23.1 Å². The first kappa shape index (κ1) is 22.6. The van der Waals surface area contributed by atoms with Crippen molar-refractivity contribution in [1.29, 1.82) is 0 Å². The molecule has 0 fully saturated rings. The van der Waals surface area contributed by atoms with Crippen molar-refractivity contribution in [3.63, 3.8) is 0 Å². The van der Waals surface area contributed by atoms with Gasteiger partial charge in [-0.05, 0) is 41.5 Å². The van der Waals surface area contributed by atoms with Gasteiger partial charge in [0.1, 0.15) is 6.54 Å². The predicted molar refractivity (Wildman–Crippen MR) is 123 cm³/mol. The van der Waals surface area contributed by atoms with Gasteiger partial charge in [0.25, 0.3) is 5.91 Å². The van der Waals surface area contributed by atoms with E-state index in [2.05, 4.69) is 0 Å². The summed E-state index contributed by atoms with van der Waals surface area (Å²) in [5.74, 6) is -0.202. The summed E-state index contributed by atoms with van der Waals surface area (Å²) in [5.41, 5.74) is 1.64. The summed E-state index contributed by atoms with van der Waals surface area (Å²) in [7, 11) is 3.58. The molecule has 0 spiro atoms. The van der Waals surface area contributed by atoms with Crippen molar-refractivity contribution in [2.75, 3.05) is 33.4 Å². The van der Waals surface area contributed by atoms with Crippen LogP contribution >= 0.6 is 0 Å². The van der Waals surface area contributed by atoms with E-state index in [0.717, 1.165) is 22.9 Å². The zero-order valence-corrected chi connectivity index (χ0v) is 18.6. The molecule has 0 saturated carbocycles. The van der Waals surface area contributed by atoms with Gasteiger partial charge in [-0.3, -0.25) is 9.59 Å². The molecule has 3 aromatic rings. The lowest BCUT2D eigenvalue weighted by molar-refractivity contribution is -0.133. The number of fused-ring (bicyclic) bond motifs is 1. The maximum atomic E-state index is 13.2. The summed E-state index contributed by atoms with van der Waals surface area (Å²) in [4.78, 5) is 29.8. The third kappa shape index (κ3) is 5.73. The van der Waals surface area contributed by atoms with E-state index in [1.54, 1.807) is 16.9 Å². The summed E-state index contributed by atoms with van der Waals surface area (Å²) in [6.07, 6.45) is 2.74. The second-order valence-corrected chi connectivity index (χ2v) is 7.71. The van der Waals surface area contributed by atoms with Crippen LogP contribution in [0.5, 0.6) is 0 Å². The number of aromatic nitrogens is 1. The standard InChI is InChI=1S/C25H31N3O3/c1-4-13-28(25(30)22-12-11-20-8-5-6-9-21(20)17-22)19-24(29)27(15-16-31-3)18-23-10-7-14-26(23)2/h5-12,14,17H,4,13,15-16,18-19H2,1-3H3. The van der Waals surface area contributed by atoms with Gasteiger partial charge < -0.3 is 19.1 Å². The van der Waals surface area contributed by atoms with Crippen LogP contribution < -0.4 is 0 Å². The number of carbonyl (C=O) groups is 2. The average molecular weight is 422 g/mol. The van der Waals surface area contributed by atoms with Crippen LogP contribution in [0.3, 0.4) is 0 Å². The topological polar surface area (TPSA) is 54.8 Å². The van der Waals surface area contributed by atoms with Crippen LogP contribution in [0.4, 0.5) is 0 Å². The number of benzene rings is 2. The van der Waals surface area contributed by atoms with Crippen molar-refractivity contribution in [3.8, 4) is 0 Å². The molecule has 3 rings (SSSR count). The van der Waals surface area contributed by atoms with Crippen LogP contribution in [0.1, 0.15) is 29.4 Å². The van der Waals surface area contributed by atoms with E-state index in [1.807, 2.05) is 79.3 Å². The van der Waals surface area contributed by atoms with Gasteiger partial charge in [-0.15, -0.1) is 0 Å². The SMILES string of the molecule is CCCN(CC(=O)N(CCOC)Cc1cccn1C)C(=O)c1ccc2ccccc2c1. The Balaban J connectivity index is 1.77. The molecule has 0 aliphatic carbocycles. The van der Waals surface area contributed by atoms with E-state index < -0.39 is 0 Å². The number of rotatable bonds is 10. The Kier molecular flexibility index (Phi) is 7.84. The molecule has 164 valence electrons. The summed E-state index contributed by atoms with van der Waals surface area (Å²) in [6.45, 7) is 3.99. The summed E-state index contributed by atoms with van der Waals surface area (Å²) >= 11 is 0. The molecule has 0 unspecified atom stereocenters. The van der Waals surface area contributed by atoms with E-state index in [-0.39, 0.29) is 18.4 Å². The first-order chi connectivity index (χ1) is 15.0. The average Bonchev–Trinajstić information content (AvgIpc) is 3.19. The molecular formula is C25H31N3O3. The molecule has 6 heteroatoms. The maximum Gasteiger partial charge on any atom is 0.254 e. The normalized spacial score (nSPS) is 10.9. The number of hydrogen-bond donors (Lipinski definition) is 0. The lowest BCUT2D eigenvalue weighted by atomic mass is 10.1. The van der Waals surface area contributed by atoms with Crippen LogP contribution in [-0.4, -0.2) is 59.5 Å². The lowest BCUT2D eigenvalue weighted by Gasteiger charge is -2.28. The molecule has 1 heterocycles. The van der Waals surface area contributed by atoms with E-state index in [0.29, 0.717) is 31.8 Å². The highest BCUT2D eigenvalue weighted by atomic mass is 16.5. The molecule has 0 radical (unpaired) electrons. The Morgan fingerprint density at radius 1 is 0.968 bits per heavy atom. The highest BCUT2D eigenvalue weighted by Crippen LogP contribution is 2.17. The second kappa shape index (κ2) is 10.8. The van der Waals surface area contributed by atoms with Crippen LogP contribution in [0, 0.1) is 0 Å². The van der Waals surface area contributed by atoms with Crippen LogP contribution in [0.15, 0.2) is 60.8 Å². The van der Waals surface area contributed by atoms with Crippen molar-refractivity contribution >= 4 is 22.6 Å². The molecule has 0 aliphatic rings. The van der Waals surface area contributed by atoms with Gasteiger partial charge in [-0.25, -0.2) is 0 Å². The highest BCUT2D eigenvalue weighted by Gasteiger charge is 2.22. The zero-order chi connectivity index (χ0) is 22.2. The van der Waals surface area contributed by atoms with Gasteiger partial charge in [0, 0.05) is 44.7 Å². The first-order valence-electron chi connectivity index (χ1n) is 10.7. The molecule has 1 aromatic heterocycles. The Hall–Kier alpha value is -3.12. The van der Waals surface area contributed by atoms with Gasteiger partial charge >= 0.3 is 0 Å². The van der Waals surface area contributed by atoms with E-state index >= 15 is 0 Å². The maximum absolute atomic E-state index is 13.2. The van der Waals surface area contributed by atoms with Crippen molar-refractivity contribution in [3.05, 3.63) is 72.1 Å². The second-order valence-electron chi connectivity index (χ2n) is 7.71. The molecule has 2 aromatic carbocycles. The van der Waals surface area contributed by atoms with Crippen molar-refractivity contribution in [1.82, 2.24) is 14.4 Å². The van der Waals surface area contributed by atoms with Gasteiger partial charge in [0.15, 0.2) is 0 Å². The molecule has 0 saturated heterocycles. The monoisotopic (exact) mass is 421 g/mol. The molecule has 0 aliphatic heterocycles. The number of aryl methyl sites for hydroxylation is 1.